The van der Waals surface area contributed by atoms with Crippen LogP contribution in [0, 0.1) is 0 Å². The first-order valence-electron chi connectivity index (χ1n) is 12.0. The SMILES string of the molecule is CCNc1nc2ccc(OCC)cc2cc1Cc1c(O)nc(C(C)C)c2cc(OC)c(OC)cc12.Cl.Cl. The first-order valence-corrected chi connectivity index (χ1v) is 12.0. The van der Waals surface area contributed by atoms with Gasteiger partial charge < -0.3 is 24.6 Å². The number of nitrogens with zero attached hydrogens (tertiary/aromatic N) is 2. The maximum Gasteiger partial charge on any atom is 0.215 e. The summed E-state index contributed by atoms with van der Waals surface area (Å²) < 4.78 is 16.8. The van der Waals surface area contributed by atoms with Crippen molar-refractivity contribution >= 4 is 52.3 Å². The van der Waals surface area contributed by atoms with Gasteiger partial charge in [0.1, 0.15) is 11.6 Å². The van der Waals surface area contributed by atoms with Crippen LogP contribution in [0.2, 0.25) is 0 Å². The van der Waals surface area contributed by atoms with E-state index in [2.05, 4.69) is 30.2 Å². The fraction of sp³-hybridized carbons (Fsp3) is 0.357. The molecule has 0 amide bonds. The number of methoxy groups -OCH3 is 2. The smallest absolute Gasteiger partial charge is 0.215 e. The van der Waals surface area contributed by atoms with Gasteiger partial charge in [0, 0.05) is 29.3 Å². The molecule has 0 unspecified atom stereocenters. The molecule has 200 valence electrons. The zero-order valence-corrected chi connectivity index (χ0v) is 23.7. The van der Waals surface area contributed by atoms with Gasteiger partial charge in [-0.15, -0.1) is 24.8 Å². The lowest BCUT2D eigenvalue weighted by Crippen LogP contribution is -2.06. The summed E-state index contributed by atoms with van der Waals surface area (Å²) in [6.07, 6.45) is 0.438. The summed E-state index contributed by atoms with van der Waals surface area (Å²) in [5, 5.41) is 17.3. The number of benzene rings is 2. The van der Waals surface area contributed by atoms with Gasteiger partial charge in [0.2, 0.25) is 5.88 Å². The highest BCUT2D eigenvalue weighted by Gasteiger charge is 2.20. The Kier molecular flexibility index (Phi) is 10.5. The summed E-state index contributed by atoms with van der Waals surface area (Å²) in [7, 11) is 3.23. The van der Waals surface area contributed by atoms with Gasteiger partial charge in [0.15, 0.2) is 11.5 Å². The highest BCUT2D eigenvalue weighted by molar-refractivity contribution is 5.93. The monoisotopic (exact) mass is 547 g/mol. The number of hydrogen-bond donors (Lipinski definition) is 2. The highest BCUT2D eigenvalue weighted by atomic mass is 35.5. The van der Waals surface area contributed by atoms with Crippen LogP contribution in [0.25, 0.3) is 21.7 Å². The molecule has 2 N–H and O–H groups in total. The van der Waals surface area contributed by atoms with Gasteiger partial charge in [-0.3, -0.25) is 0 Å². The number of fused-ring (bicyclic) bond motifs is 2. The molecule has 0 aliphatic rings. The van der Waals surface area contributed by atoms with Crippen molar-refractivity contribution in [3.05, 3.63) is 53.2 Å². The van der Waals surface area contributed by atoms with Gasteiger partial charge in [-0.25, -0.2) is 9.97 Å². The van der Waals surface area contributed by atoms with Crippen LogP contribution in [0.1, 0.15) is 50.4 Å². The van der Waals surface area contributed by atoms with Crippen molar-refractivity contribution in [3.8, 4) is 23.1 Å². The van der Waals surface area contributed by atoms with E-state index in [0.29, 0.717) is 30.1 Å². The van der Waals surface area contributed by atoms with Crippen molar-refractivity contribution in [2.45, 2.75) is 40.0 Å². The number of aromatic hydroxyl groups is 1. The normalized spacial score (nSPS) is 10.7. The fourth-order valence-corrected chi connectivity index (χ4v) is 4.42. The fourth-order valence-electron chi connectivity index (χ4n) is 4.42. The van der Waals surface area contributed by atoms with Crippen LogP contribution in [0.4, 0.5) is 5.82 Å². The van der Waals surface area contributed by atoms with E-state index in [-0.39, 0.29) is 36.6 Å². The molecule has 4 aromatic rings. The second-order valence-corrected chi connectivity index (χ2v) is 8.70. The maximum atomic E-state index is 11.1. The molecule has 0 saturated heterocycles. The molecular weight excluding hydrogens is 513 g/mol. The molecule has 9 heteroatoms. The Hall–Kier alpha value is -3.16. The number of hydrogen-bond acceptors (Lipinski definition) is 7. The Balaban J connectivity index is 0.00000241. The second kappa shape index (κ2) is 12.9. The van der Waals surface area contributed by atoms with Gasteiger partial charge in [0.05, 0.1) is 32.0 Å². The lowest BCUT2D eigenvalue weighted by molar-refractivity contribution is 0.340. The van der Waals surface area contributed by atoms with Gasteiger partial charge in [-0.2, -0.15) is 0 Å². The summed E-state index contributed by atoms with van der Waals surface area (Å²) in [5.74, 6) is 2.95. The van der Waals surface area contributed by atoms with Crippen LogP contribution in [0.5, 0.6) is 23.1 Å². The molecule has 2 aromatic heterocycles. The molecule has 37 heavy (non-hydrogen) atoms. The van der Waals surface area contributed by atoms with E-state index in [1.807, 2.05) is 44.2 Å². The lowest BCUT2D eigenvalue weighted by Gasteiger charge is -2.18. The Morgan fingerprint density at radius 2 is 1.59 bits per heavy atom. The predicted octanol–water partition coefficient (Wildman–Crippen LogP) is 6.89. The van der Waals surface area contributed by atoms with Gasteiger partial charge in [-0.1, -0.05) is 13.8 Å². The number of aromatic nitrogens is 2. The predicted molar refractivity (Wildman–Crippen MR) is 155 cm³/mol. The van der Waals surface area contributed by atoms with E-state index in [9.17, 15) is 5.11 Å². The topological polar surface area (TPSA) is 85.7 Å². The maximum absolute atomic E-state index is 11.1. The van der Waals surface area contributed by atoms with Crippen molar-refractivity contribution in [2.24, 2.45) is 0 Å². The number of rotatable bonds is 9. The van der Waals surface area contributed by atoms with E-state index < -0.39 is 0 Å². The standard InChI is InChI=1S/C28H33N3O4.2ClH/c1-7-29-27-18(11-17-12-19(35-8-2)9-10-23(17)30-27)13-22-20-14-24(33-5)25(34-6)15-21(20)26(16(3)4)31-28(22)32;;/h9-12,14-16H,7-8,13H2,1-6H3,(H,29,30)(H,31,32);2*1H. The van der Waals surface area contributed by atoms with Crippen LogP contribution < -0.4 is 19.5 Å². The minimum atomic E-state index is 0. The number of nitrogens with one attached hydrogen (secondary N) is 1. The van der Waals surface area contributed by atoms with Crippen LogP contribution in [-0.4, -0.2) is 42.4 Å². The zero-order valence-electron chi connectivity index (χ0n) is 22.0. The van der Waals surface area contributed by atoms with E-state index >= 15 is 0 Å². The third kappa shape index (κ3) is 6.05. The molecule has 0 aliphatic carbocycles. The van der Waals surface area contributed by atoms with E-state index in [1.54, 1.807) is 14.2 Å². The minimum Gasteiger partial charge on any atom is -0.494 e. The molecular formula is C28H35Cl2N3O4. The molecule has 0 aliphatic heterocycles. The second-order valence-electron chi connectivity index (χ2n) is 8.70. The van der Waals surface area contributed by atoms with Gasteiger partial charge >= 0.3 is 0 Å². The first kappa shape index (κ1) is 30.1. The number of anilines is 1. The average Bonchev–Trinajstić information content (AvgIpc) is 2.85. The summed E-state index contributed by atoms with van der Waals surface area (Å²) in [5.41, 5.74) is 3.36. The Morgan fingerprint density at radius 1 is 0.919 bits per heavy atom. The molecule has 0 bridgehead atoms. The van der Waals surface area contributed by atoms with Crippen LogP contribution in [0.3, 0.4) is 0 Å². The zero-order chi connectivity index (χ0) is 25.1. The molecule has 0 saturated carbocycles. The molecule has 2 aromatic carbocycles. The Bertz CT molecular complexity index is 1380. The summed E-state index contributed by atoms with van der Waals surface area (Å²) >= 11 is 0. The summed E-state index contributed by atoms with van der Waals surface area (Å²) in [4.78, 5) is 9.47. The third-order valence-electron chi connectivity index (χ3n) is 6.06. The van der Waals surface area contributed by atoms with E-state index in [1.165, 1.54) is 0 Å². The van der Waals surface area contributed by atoms with Crippen molar-refractivity contribution in [1.29, 1.82) is 0 Å². The van der Waals surface area contributed by atoms with Crippen LogP contribution in [-0.2, 0) is 6.42 Å². The summed E-state index contributed by atoms with van der Waals surface area (Å²) in [6.45, 7) is 9.45. The number of pyridine rings is 2. The summed E-state index contributed by atoms with van der Waals surface area (Å²) in [6, 6.07) is 11.9. The van der Waals surface area contributed by atoms with Crippen molar-refractivity contribution in [3.63, 3.8) is 0 Å². The largest absolute Gasteiger partial charge is 0.494 e. The third-order valence-corrected chi connectivity index (χ3v) is 6.06. The van der Waals surface area contributed by atoms with Crippen molar-refractivity contribution in [2.75, 3.05) is 32.7 Å². The van der Waals surface area contributed by atoms with Crippen molar-refractivity contribution in [1.82, 2.24) is 9.97 Å². The first-order chi connectivity index (χ1) is 16.9. The average molecular weight is 549 g/mol. The van der Waals surface area contributed by atoms with Crippen LogP contribution in [0.15, 0.2) is 36.4 Å². The molecule has 4 rings (SSSR count). The highest BCUT2D eigenvalue weighted by Crippen LogP contribution is 2.40. The molecule has 0 spiro atoms. The Morgan fingerprint density at radius 3 is 2.19 bits per heavy atom. The van der Waals surface area contributed by atoms with Gasteiger partial charge in [-0.05, 0) is 67.1 Å². The van der Waals surface area contributed by atoms with Crippen LogP contribution >= 0.6 is 24.8 Å². The number of halogens is 2. The molecule has 2 heterocycles. The van der Waals surface area contributed by atoms with Crippen molar-refractivity contribution < 1.29 is 19.3 Å². The van der Waals surface area contributed by atoms with E-state index in [4.69, 9.17) is 19.2 Å². The molecule has 0 atom stereocenters. The minimum absolute atomic E-state index is 0. The van der Waals surface area contributed by atoms with E-state index in [0.717, 1.165) is 51.0 Å². The molecule has 7 nitrogen and oxygen atoms in total. The quantitative estimate of drug-likeness (QED) is 0.236. The molecule has 0 radical (unpaired) electrons. The lowest BCUT2D eigenvalue weighted by atomic mass is 9.94. The Labute approximate surface area is 230 Å². The molecule has 0 fully saturated rings. The number of ether oxygens (including phenoxy) is 3. The van der Waals surface area contributed by atoms with Gasteiger partial charge in [0.25, 0.3) is 0 Å².